The summed E-state index contributed by atoms with van der Waals surface area (Å²) in [5, 5.41) is 16.7. The van der Waals surface area contributed by atoms with Crippen molar-refractivity contribution in [3.8, 4) is 0 Å². The van der Waals surface area contributed by atoms with Gasteiger partial charge in [0, 0.05) is 11.6 Å². The van der Waals surface area contributed by atoms with Gasteiger partial charge in [0.2, 0.25) is 0 Å². The van der Waals surface area contributed by atoms with Gasteiger partial charge in [0.15, 0.2) is 0 Å². The van der Waals surface area contributed by atoms with Gasteiger partial charge < -0.3 is 10.2 Å². The minimum Gasteiger partial charge on any atom is -0.478 e. The Morgan fingerprint density at radius 2 is 1.92 bits per heavy atom. The highest BCUT2D eigenvalue weighted by Crippen LogP contribution is 2.05. The van der Waals surface area contributed by atoms with Gasteiger partial charge in [0.05, 0.1) is 0 Å². The summed E-state index contributed by atoms with van der Waals surface area (Å²) in [6, 6.07) is 0. The molecule has 0 aromatic heterocycles. The third kappa shape index (κ3) is 4.27. The summed E-state index contributed by atoms with van der Waals surface area (Å²) in [7, 11) is 0. The van der Waals surface area contributed by atoms with Gasteiger partial charge in [0.1, 0.15) is 0 Å². The maximum Gasteiger partial charge on any atom is 0.331 e. The van der Waals surface area contributed by atoms with Crippen LogP contribution in [0.3, 0.4) is 0 Å². The van der Waals surface area contributed by atoms with Gasteiger partial charge in [-0.3, -0.25) is 0 Å². The zero-order valence-electron chi connectivity index (χ0n) is 6.49. The largest absolute Gasteiger partial charge is 0.478 e. The molecule has 0 unspecified atom stereocenters. The lowest BCUT2D eigenvalue weighted by molar-refractivity contribution is -0.135. The van der Waals surface area contributed by atoms with Crippen LogP contribution in [-0.4, -0.2) is 22.2 Å². The number of hydrogen-bond donors (Lipinski definition) is 2. The van der Waals surface area contributed by atoms with E-state index in [1.807, 2.05) is 0 Å². The summed E-state index contributed by atoms with van der Waals surface area (Å²) in [6.07, 6.45) is 2.90. The van der Waals surface area contributed by atoms with Crippen molar-refractivity contribution < 1.29 is 19.8 Å². The second-order valence-electron chi connectivity index (χ2n) is 2.14. The molecule has 0 bridgehead atoms. The number of aliphatic carboxylic acids is 2. The molecule has 66 valence electrons. The zero-order valence-corrected chi connectivity index (χ0v) is 6.49. The summed E-state index contributed by atoms with van der Waals surface area (Å²) >= 11 is 0. The fraction of sp³-hybridized carbons (Fsp3) is 0.250. The van der Waals surface area contributed by atoms with Crippen LogP contribution in [0.15, 0.2) is 24.3 Å². The van der Waals surface area contributed by atoms with Crippen LogP contribution in [0.1, 0.15) is 12.8 Å². The Morgan fingerprint density at radius 3 is 2.25 bits per heavy atom. The normalized spacial score (nSPS) is 10.8. The van der Waals surface area contributed by atoms with Crippen LogP contribution in [0, 0.1) is 0 Å². The van der Waals surface area contributed by atoms with Crippen molar-refractivity contribution in [2.45, 2.75) is 12.8 Å². The maximum absolute atomic E-state index is 10.4. The molecular formula is C8H10O4. The molecule has 0 aliphatic carbocycles. The number of allylic oxidation sites excluding steroid dienone is 1. The van der Waals surface area contributed by atoms with E-state index in [0.717, 1.165) is 0 Å². The molecule has 0 radical (unpaired) electrons. The number of carboxylic acids is 2. The first-order valence-corrected chi connectivity index (χ1v) is 3.35. The van der Waals surface area contributed by atoms with Gasteiger partial charge in [0.25, 0.3) is 0 Å². The molecule has 0 fully saturated rings. The topological polar surface area (TPSA) is 74.6 Å². The Balaban J connectivity index is 4.32. The average molecular weight is 170 g/mol. The zero-order chi connectivity index (χ0) is 9.56. The van der Waals surface area contributed by atoms with Crippen molar-refractivity contribution in [3.63, 3.8) is 0 Å². The smallest absolute Gasteiger partial charge is 0.331 e. The molecule has 0 atom stereocenters. The molecule has 0 aliphatic rings. The molecule has 0 rings (SSSR count). The molecule has 0 aromatic rings. The SMILES string of the molecule is C=CCCC(=CC(=O)O)C(=O)O. The van der Waals surface area contributed by atoms with E-state index >= 15 is 0 Å². The molecule has 0 saturated heterocycles. The summed E-state index contributed by atoms with van der Waals surface area (Å²) in [4.78, 5) is 20.5. The Labute approximate surface area is 69.8 Å². The second kappa shape index (κ2) is 5.12. The predicted octanol–water partition coefficient (Wildman–Crippen LogP) is 1.05. The minimum absolute atomic E-state index is 0.109. The van der Waals surface area contributed by atoms with Crippen LogP contribution in [0.4, 0.5) is 0 Å². The monoisotopic (exact) mass is 170 g/mol. The first-order chi connectivity index (χ1) is 5.57. The van der Waals surface area contributed by atoms with Crippen LogP contribution in [-0.2, 0) is 9.59 Å². The van der Waals surface area contributed by atoms with E-state index in [0.29, 0.717) is 12.5 Å². The van der Waals surface area contributed by atoms with E-state index in [-0.39, 0.29) is 12.0 Å². The van der Waals surface area contributed by atoms with E-state index in [4.69, 9.17) is 10.2 Å². The molecule has 0 saturated carbocycles. The number of carboxylic acid groups (broad SMARTS) is 2. The van der Waals surface area contributed by atoms with Crippen molar-refractivity contribution in [1.82, 2.24) is 0 Å². The molecule has 4 nitrogen and oxygen atoms in total. The fourth-order valence-electron chi connectivity index (χ4n) is 0.647. The first kappa shape index (κ1) is 10.4. The molecule has 0 amide bonds. The Kier molecular flexibility index (Phi) is 4.45. The van der Waals surface area contributed by atoms with Crippen LogP contribution >= 0.6 is 0 Å². The van der Waals surface area contributed by atoms with Crippen molar-refractivity contribution >= 4 is 11.9 Å². The van der Waals surface area contributed by atoms with Crippen LogP contribution < -0.4 is 0 Å². The Hall–Kier alpha value is -1.58. The fourth-order valence-corrected chi connectivity index (χ4v) is 0.647. The molecular weight excluding hydrogens is 160 g/mol. The van der Waals surface area contributed by atoms with Gasteiger partial charge in [-0.25, -0.2) is 9.59 Å². The highest BCUT2D eigenvalue weighted by atomic mass is 16.4. The summed E-state index contributed by atoms with van der Waals surface area (Å²) in [5.74, 6) is -2.43. The highest BCUT2D eigenvalue weighted by Gasteiger charge is 2.07. The van der Waals surface area contributed by atoms with E-state index in [9.17, 15) is 9.59 Å². The first-order valence-electron chi connectivity index (χ1n) is 3.35. The average Bonchev–Trinajstić information content (AvgIpc) is 1.96. The molecule has 4 heteroatoms. The molecule has 0 aromatic carbocycles. The maximum atomic E-state index is 10.4. The van der Waals surface area contributed by atoms with Crippen LogP contribution in [0.2, 0.25) is 0 Å². The molecule has 0 spiro atoms. The van der Waals surface area contributed by atoms with Crippen LogP contribution in [0.5, 0.6) is 0 Å². The van der Waals surface area contributed by atoms with E-state index in [1.54, 1.807) is 6.08 Å². The molecule has 0 heterocycles. The van der Waals surface area contributed by atoms with Crippen molar-refractivity contribution in [3.05, 3.63) is 24.3 Å². The van der Waals surface area contributed by atoms with Gasteiger partial charge >= 0.3 is 11.9 Å². The van der Waals surface area contributed by atoms with Crippen LogP contribution in [0.25, 0.3) is 0 Å². The van der Waals surface area contributed by atoms with Gasteiger partial charge in [-0.2, -0.15) is 0 Å². The lowest BCUT2D eigenvalue weighted by Gasteiger charge is -1.96. The van der Waals surface area contributed by atoms with Crippen molar-refractivity contribution in [2.24, 2.45) is 0 Å². The molecule has 12 heavy (non-hydrogen) atoms. The third-order valence-corrected chi connectivity index (χ3v) is 1.19. The Bertz CT molecular complexity index is 227. The second-order valence-corrected chi connectivity index (χ2v) is 2.14. The van der Waals surface area contributed by atoms with Gasteiger partial charge in [-0.05, 0) is 12.8 Å². The van der Waals surface area contributed by atoms with Crippen molar-refractivity contribution in [2.75, 3.05) is 0 Å². The standard InChI is InChI=1S/C8H10O4/c1-2-3-4-6(8(11)12)5-7(9)10/h2,5H,1,3-4H2,(H,9,10)(H,11,12). The summed E-state index contributed by atoms with van der Waals surface area (Å²) in [6.45, 7) is 3.40. The summed E-state index contributed by atoms with van der Waals surface area (Å²) < 4.78 is 0. The quantitative estimate of drug-likeness (QED) is 0.477. The highest BCUT2D eigenvalue weighted by molar-refractivity contribution is 5.94. The predicted molar refractivity (Wildman–Crippen MR) is 42.8 cm³/mol. The number of carbonyl (C=O) groups is 2. The molecule has 0 aliphatic heterocycles. The minimum atomic E-state index is -1.24. The van der Waals surface area contributed by atoms with E-state index in [2.05, 4.69) is 6.58 Å². The number of rotatable bonds is 5. The summed E-state index contributed by atoms with van der Waals surface area (Å²) in [5.41, 5.74) is -0.109. The van der Waals surface area contributed by atoms with Gasteiger partial charge in [-0.1, -0.05) is 6.08 Å². The van der Waals surface area contributed by atoms with Gasteiger partial charge in [-0.15, -0.1) is 6.58 Å². The lowest BCUT2D eigenvalue weighted by Crippen LogP contribution is -2.03. The van der Waals surface area contributed by atoms with E-state index in [1.165, 1.54) is 0 Å². The third-order valence-electron chi connectivity index (χ3n) is 1.19. The van der Waals surface area contributed by atoms with Crippen molar-refractivity contribution in [1.29, 1.82) is 0 Å². The molecule has 2 N–H and O–H groups in total. The number of hydrogen-bond acceptors (Lipinski definition) is 2. The lowest BCUT2D eigenvalue weighted by atomic mass is 10.1. The van der Waals surface area contributed by atoms with E-state index < -0.39 is 11.9 Å². The Morgan fingerprint density at radius 1 is 1.33 bits per heavy atom.